The molecule has 0 radical (unpaired) electrons. The summed E-state index contributed by atoms with van der Waals surface area (Å²) in [6.07, 6.45) is 0.840. The SMILES string of the molecule is C[C@H](NP(=O)(COC[C@H]1O[C@@H](n2ccc3c(NC4CCCC4)nc(Cl)nc32)[C@H](O)[C@@H]1O)Oc1ccccc1)C(=O)O. The van der Waals surface area contributed by atoms with Crippen molar-refractivity contribution < 1.29 is 38.7 Å². The van der Waals surface area contributed by atoms with Gasteiger partial charge in [-0.1, -0.05) is 31.0 Å². The summed E-state index contributed by atoms with van der Waals surface area (Å²) < 4.78 is 32.3. The molecule has 2 aliphatic rings. The molecule has 13 nitrogen and oxygen atoms in total. The van der Waals surface area contributed by atoms with Crippen molar-refractivity contribution in [2.24, 2.45) is 0 Å². The monoisotopic (exact) mass is 609 g/mol. The molecule has 1 saturated carbocycles. The van der Waals surface area contributed by atoms with E-state index >= 15 is 0 Å². The number of nitrogens with one attached hydrogen (secondary N) is 2. The summed E-state index contributed by atoms with van der Waals surface area (Å²) in [7, 11) is -3.86. The van der Waals surface area contributed by atoms with Crippen LogP contribution in [0.4, 0.5) is 5.82 Å². The smallest absolute Gasteiger partial charge is 0.342 e. The predicted octanol–water partition coefficient (Wildman–Crippen LogP) is 3.37. The van der Waals surface area contributed by atoms with E-state index in [0.29, 0.717) is 22.9 Å². The largest absolute Gasteiger partial charge is 0.480 e. The van der Waals surface area contributed by atoms with Gasteiger partial charge in [0.15, 0.2) is 6.23 Å². The number of aliphatic carboxylic acids is 1. The summed E-state index contributed by atoms with van der Waals surface area (Å²) in [6.45, 7) is 1.07. The number of aromatic nitrogens is 3. The summed E-state index contributed by atoms with van der Waals surface area (Å²) in [5, 5.41) is 37.6. The van der Waals surface area contributed by atoms with Crippen molar-refractivity contribution in [2.75, 3.05) is 18.3 Å². The first-order chi connectivity index (χ1) is 19.6. The number of hydrogen-bond acceptors (Lipinski definition) is 10. The highest BCUT2D eigenvalue weighted by atomic mass is 35.5. The van der Waals surface area contributed by atoms with Crippen molar-refractivity contribution in [1.29, 1.82) is 0 Å². The maximum atomic E-state index is 13.5. The third kappa shape index (κ3) is 6.83. The van der Waals surface area contributed by atoms with Crippen LogP contribution >= 0.6 is 19.1 Å². The number of aliphatic hydroxyl groups is 2. The fourth-order valence-corrected chi connectivity index (χ4v) is 6.92. The van der Waals surface area contributed by atoms with Crippen LogP contribution in [-0.2, 0) is 18.8 Å². The van der Waals surface area contributed by atoms with Crippen molar-refractivity contribution in [1.82, 2.24) is 19.6 Å². The zero-order chi connectivity index (χ0) is 29.1. The van der Waals surface area contributed by atoms with E-state index in [1.807, 2.05) is 0 Å². The number of rotatable bonds is 12. The Morgan fingerprint density at radius 1 is 1.20 bits per heavy atom. The Hall–Kier alpha value is -2.77. The second kappa shape index (κ2) is 12.6. The number of carboxylic acid groups (broad SMARTS) is 1. The zero-order valence-corrected chi connectivity index (χ0v) is 23.9. The van der Waals surface area contributed by atoms with Crippen LogP contribution in [0.3, 0.4) is 0 Å². The minimum Gasteiger partial charge on any atom is -0.480 e. The average molecular weight is 610 g/mol. The van der Waals surface area contributed by atoms with Crippen LogP contribution in [0.15, 0.2) is 42.6 Å². The number of benzene rings is 1. The average Bonchev–Trinajstić information content (AvgIpc) is 3.66. The molecular weight excluding hydrogens is 577 g/mol. The highest BCUT2D eigenvalue weighted by Crippen LogP contribution is 2.44. The first-order valence-electron chi connectivity index (χ1n) is 13.4. The van der Waals surface area contributed by atoms with Gasteiger partial charge in [-0.15, -0.1) is 0 Å². The van der Waals surface area contributed by atoms with Crippen LogP contribution < -0.4 is 14.9 Å². The molecule has 6 atom stereocenters. The Kier molecular flexibility index (Phi) is 9.15. The van der Waals surface area contributed by atoms with Gasteiger partial charge < -0.3 is 39.2 Å². The third-order valence-corrected chi connectivity index (χ3v) is 9.13. The summed E-state index contributed by atoms with van der Waals surface area (Å²) in [6, 6.07) is 9.18. The number of nitrogens with zero attached hydrogens (tertiary/aromatic N) is 3. The number of ether oxygens (including phenoxy) is 2. The van der Waals surface area contributed by atoms with Gasteiger partial charge >= 0.3 is 13.5 Å². The minimum atomic E-state index is -3.86. The molecule has 15 heteroatoms. The van der Waals surface area contributed by atoms with Gasteiger partial charge in [-0.25, -0.2) is 10.1 Å². The second-order valence-electron chi connectivity index (χ2n) is 10.2. The van der Waals surface area contributed by atoms with E-state index in [4.69, 9.17) is 25.6 Å². The molecule has 1 unspecified atom stereocenters. The van der Waals surface area contributed by atoms with Crippen LogP contribution in [-0.4, -0.2) is 79.2 Å². The van der Waals surface area contributed by atoms with Crippen molar-refractivity contribution in [3.63, 3.8) is 0 Å². The van der Waals surface area contributed by atoms with Gasteiger partial charge in [0, 0.05) is 12.2 Å². The molecule has 1 saturated heterocycles. The predicted molar refractivity (Wildman–Crippen MR) is 150 cm³/mol. The van der Waals surface area contributed by atoms with Gasteiger partial charge in [-0.2, -0.15) is 4.98 Å². The van der Waals surface area contributed by atoms with Gasteiger partial charge in [0.1, 0.15) is 47.9 Å². The third-order valence-electron chi connectivity index (χ3n) is 7.15. The summed E-state index contributed by atoms with van der Waals surface area (Å²) in [5.74, 6) is -0.359. The fourth-order valence-electron chi connectivity index (χ4n) is 5.06. The minimum absolute atomic E-state index is 0.0307. The number of fused-ring (bicyclic) bond motifs is 1. The van der Waals surface area contributed by atoms with Crippen molar-refractivity contribution in [3.8, 4) is 5.75 Å². The van der Waals surface area contributed by atoms with E-state index in [-0.39, 0.29) is 17.6 Å². The molecule has 3 heterocycles. The van der Waals surface area contributed by atoms with Crippen molar-refractivity contribution >= 4 is 41.9 Å². The van der Waals surface area contributed by atoms with E-state index in [1.165, 1.54) is 6.92 Å². The van der Waals surface area contributed by atoms with Crippen LogP contribution in [0.2, 0.25) is 5.28 Å². The van der Waals surface area contributed by atoms with Crippen LogP contribution in [0, 0.1) is 0 Å². The first kappa shape index (κ1) is 29.7. The number of aliphatic hydroxyl groups excluding tert-OH is 2. The van der Waals surface area contributed by atoms with Gasteiger partial charge in [0.25, 0.3) is 0 Å². The molecule has 41 heavy (non-hydrogen) atoms. The number of hydrogen-bond donors (Lipinski definition) is 5. The molecule has 222 valence electrons. The quantitative estimate of drug-likeness (QED) is 0.150. The molecule has 2 aromatic heterocycles. The highest BCUT2D eigenvalue weighted by Gasteiger charge is 2.45. The molecule has 0 amide bonds. The number of para-hydroxylation sites is 1. The van der Waals surface area contributed by atoms with Crippen molar-refractivity contribution in [2.45, 2.75) is 69.2 Å². The van der Waals surface area contributed by atoms with E-state index in [1.54, 1.807) is 47.2 Å². The molecule has 1 aliphatic carbocycles. The van der Waals surface area contributed by atoms with E-state index in [2.05, 4.69) is 20.4 Å². The van der Waals surface area contributed by atoms with Gasteiger partial charge in [0.05, 0.1) is 12.0 Å². The molecule has 3 aromatic rings. The first-order valence-corrected chi connectivity index (χ1v) is 15.6. The van der Waals surface area contributed by atoms with Gasteiger partial charge in [-0.3, -0.25) is 9.36 Å². The van der Waals surface area contributed by atoms with Crippen LogP contribution in [0.5, 0.6) is 5.75 Å². The number of anilines is 1. The summed E-state index contributed by atoms with van der Waals surface area (Å²) >= 11 is 6.23. The molecule has 2 fully saturated rings. The van der Waals surface area contributed by atoms with E-state index in [0.717, 1.165) is 25.7 Å². The van der Waals surface area contributed by atoms with Gasteiger partial charge in [-0.05, 0) is 49.6 Å². The standard InChI is InChI=1S/C26H33ClN5O8P/c1-15(25(35)36)31-41(37,40-17-9-3-2-4-10-17)14-38-13-19-20(33)21(34)24(39-19)32-12-11-18-22(28-16-7-5-6-8-16)29-26(27)30-23(18)32/h2-4,9-12,15-16,19-21,24,33-34H,5-8,13-14H2,1H3,(H,31,37)(H,35,36)(H,28,29,30)/t15-,19+,20+,21+,24+,41?/m0/s1. The zero-order valence-electron chi connectivity index (χ0n) is 22.3. The molecule has 0 spiro atoms. The Morgan fingerprint density at radius 3 is 2.63 bits per heavy atom. The van der Waals surface area contributed by atoms with E-state index < -0.39 is 50.4 Å². The maximum absolute atomic E-state index is 13.5. The van der Waals surface area contributed by atoms with Crippen molar-refractivity contribution in [3.05, 3.63) is 47.9 Å². The highest BCUT2D eigenvalue weighted by molar-refractivity contribution is 7.57. The molecule has 5 N–H and O–H groups in total. The lowest BCUT2D eigenvalue weighted by atomic mass is 10.1. The van der Waals surface area contributed by atoms with E-state index in [9.17, 15) is 24.7 Å². The van der Waals surface area contributed by atoms with Crippen LogP contribution in [0.1, 0.15) is 38.8 Å². The topological polar surface area (TPSA) is 177 Å². The Bertz CT molecular complexity index is 1410. The second-order valence-corrected chi connectivity index (χ2v) is 12.6. The molecular formula is C26H33ClN5O8P. The van der Waals surface area contributed by atoms with Gasteiger partial charge in [0.2, 0.25) is 5.28 Å². The summed E-state index contributed by atoms with van der Waals surface area (Å²) in [4.78, 5) is 20.1. The van der Waals surface area contributed by atoms with Crippen LogP contribution in [0.25, 0.3) is 11.0 Å². The number of carbonyl (C=O) groups is 1. The fraction of sp³-hybridized carbons (Fsp3) is 0.500. The molecule has 1 aliphatic heterocycles. The number of carboxylic acids is 1. The lowest BCUT2D eigenvalue weighted by Gasteiger charge is -2.23. The lowest BCUT2D eigenvalue weighted by Crippen LogP contribution is -2.36. The normalized spacial score (nSPS) is 25.3. The molecule has 1 aromatic carbocycles. The number of halogens is 1. The molecule has 5 rings (SSSR count). The Morgan fingerprint density at radius 2 is 1.93 bits per heavy atom. The Balaban J connectivity index is 1.28. The Labute approximate surface area is 241 Å². The summed E-state index contributed by atoms with van der Waals surface area (Å²) in [5.41, 5.74) is 0.427. The maximum Gasteiger partial charge on any atom is 0.342 e. The lowest BCUT2D eigenvalue weighted by molar-refractivity contribution is -0.138. The molecule has 0 bridgehead atoms.